The minimum atomic E-state index is 0.293. The summed E-state index contributed by atoms with van der Waals surface area (Å²) in [7, 11) is 6.06. The maximum atomic E-state index is 11.5. The molecule has 1 amide bonds. The van der Waals surface area contributed by atoms with Crippen LogP contribution in [0.3, 0.4) is 0 Å². The Balaban J connectivity index is 3.38. The van der Waals surface area contributed by atoms with Crippen molar-refractivity contribution in [3.05, 3.63) is 0 Å². The predicted octanol–water partition coefficient (Wildman–Crippen LogP) is 1.98. The Morgan fingerprint density at radius 2 is 1.67 bits per heavy atom. The van der Waals surface area contributed by atoms with Gasteiger partial charge in [0.25, 0.3) is 0 Å². The second-order valence-electron chi connectivity index (χ2n) is 4.43. The van der Waals surface area contributed by atoms with Gasteiger partial charge in [-0.1, -0.05) is 13.3 Å². The second-order valence-corrected chi connectivity index (χ2v) is 4.43. The van der Waals surface area contributed by atoms with E-state index < -0.39 is 0 Å². The molecule has 15 heavy (non-hydrogen) atoms. The van der Waals surface area contributed by atoms with E-state index in [0.717, 1.165) is 32.4 Å². The van der Waals surface area contributed by atoms with Gasteiger partial charge < -0.3 is 9.80 Å². The fourth-order valence-electron chi connectivity index (χ4n) is 1.53. The van der Waals surface area contributed by atoms with Crippen LogP contribution in [-0.2, 0) is 4.79 Å². The molecule has 0 aliphatic carbocycles. The molecule has 0 N–H and O–H groups in total. The summed E-state index contributed by atoms with van der Waals surface area (Å²) in [6.07, 6.45) is 5.13. The Hall–Kier alpha value is -0.570. The number of carbonyl (C=O) groups excluding carboxylic acids is 1. The first kappa shape index (κ1) is 14.4. The molecular weight excluding hydrogens is 188 g/mol. The van der Waals surface area contributed by atoms with Crippen molar-refractivity contribution in [2.45, 2.75) is 39.0 Å². The van der Waals surface area contributed by atoms with Crippen LogP contribution in [0.4, 0.5) is 0 Å². The van der Waals surface area contributed by atoms with Crippen molar-refractivity contribution in [3.8, 4) is 0 Å². The van der Waals surface area contributed by atoms with Crippen LogP contribution in [0.25, 0.3) is 0 Å². The molecule has 0 aliphatic heterocycles. The van der Waals surface area contributed by atoms with Crippen molar-refractivity contribution in [2.24, 2.45) is 0 Å². The van der Waals surface area contributed by atoms with Crippen LogP contribution in [0.1, 0.15) is 39.0 Å². The number of hydrogen-bond donors (Lipinski definition) is 0. The molecule has 0 aliphatic rings. The van der Waals surface area contributed by atoms with Gasteiger partial charge in [-0.15, -0.1) is 0 Å². The lowest BCUT2D eigenvalue weighted by Gasteiger charge is -2.16. The minimum absolute atomic E-state index is 0.293. The maximum absolute atomic E-state index is 11.5. The molecule has 0 aromatic carbocycles. The summed E-state index contributed by atoms with van der Waals surface area (Å²) >= 11 is 0. The molecule has 90 valence electrons. The predicted molar refractivity (Wildman–Crippen MR) is 65.0 cm³/mol. The van der Waals surface area contributed by atoms with E-state index in [9.17, 15) is 4.79 Å². The van der Waals surface area contributed by atoms with Crippen LogP contribution in [-0.4, -0.2) is 49.9 Å². The van der Waals surface area contributed by atoms with Crippen molar-refractivity contribution in [2.75, 3.05) is 34.2 Å². The molecule has 0 bridgehead atoms. The van der Waals surface area contributed by atoms with Crippen molar-refractivity contribution in [1.82, 2.24) is 9.80 Å². The number of amides is 1. The van der Waals surface area contributed by atoms with Gasteiger partial charge in [0, 0.05) is 20.0 Å². The van der Waals surface area contributed by atoms with E-state index in [1.165, 1.54) is 6.42 Å². The van der Waals surface area contributed by atoms with E-state index in [2.05, 4.69) is 25.9 Å². The van der Waals surface area contributed by atoms with Crippen LogP contribution < -0.4 is 0 Å². The lowest BCUT2D eigenvalue weighted by atomic mass is 10.2. The van der Waals surface area contributed by atoms with Gasteiger partial charge in [-0.2, -0.15) is 0 Å². The Kier molecular flexibility index (Phi) is 8.38. The topological polar surface area (TPSA) is 23.6 Å². The summed E-state index contributed by atoms with van der Waals surface area (Å²) in [6.45, 7) is 4.11. The van der Waals surface area contributed by atoms with Gasteiger partial charge in [0.2, 0.25) is 5.91 Å². The van der Waals surface area contributed by atoms with Gasteiger partial charge in [0.15, 0.2) is 0 Å². The molecule has 3 heteroatoms. The van der Waals surface area contributed by atoms with Gasteiger partial charge in [-0.25, -0.2) is 0 Å². The molecule has 0 atom stereocenters. The van der Waals surface area contributed by atoms with Gasteiger partial charge in [0.05, 0.1) is 0 Å². The average Bonchev–Trinajstić information content (AvgIpc) is 2.16. The van der Waals surface area contributed by atoms with E-state index in [0.29, 0.717) is 12.3 Å². The maximum Gasteiger partial charge on any atom is 0.222 e. The lowest BCUT2D eigenvalue weighted by molar-refractivity contribution is -0.130. The summed E-state index contributed by atoms with van der Waals surface area (Å²) in [5.74, 6) is 0.293. The summed E-state index contributed by atoms with van der Waals surface area (Å²) in [5, 5.41) is 0. The van der Waals surface area contributed by atoms with Crippen LogP contribution in [0.5, 0.6) is 0 Å². The highest BCUT2D eigenvalue weighted by Crippen LogP contribution is 2.03. The third-order valence-electron chi connectivity index (χ3n) is 2.48. The van der Waals surface area contributed by atoms with Gasteiger partial charge in [-0.05, 0) is 39.9 Å². The monoisotopic (exact) mass is 214 g/mol. The number of rotatable bonds is 8. The molecule has 0 aromatic rings. The highest BCUT2D eigenvalue weighted by molar-refractivity contribution is 5.75. The largest absolute Gasteiger partial charge is 0.346 e. The average molecular weight is 214 g/mol. The standard InChI is InChI=1S/C12H26N2O/c1-5-10-14(4)12(15)9-7-6-8-11-13(2)3/h5-11H2,1-4H3. The van der Waals surface area contributed by atoms with Crippen LogP contribution in [0.15, 0.2) is 0 Å². The summed E-state index contributed by atoms with van der Waals surface area (Å²) in [4.78, 5) is 15.6. The first-order valence-corrected chi connectivity index (χ1v) is 5.96. The number of unbranched alkanes of at least 4 members (excludes halogenated alkanes) is 2. The van der Waals surface area contributed by atoms with Crippen molar-refractivity contribution in [1.29, 1.82) is 0 Å². The Labute approximate surface area is 94.4 Å². The first-order chi connectivity index (χ1) is 7.07. The summed E-state index contributed by atoms with van der Waals surface area (Å²) < 4.78 is 0. The molecular formula is C12H26N2O. The van der Waals surface area contributed by atoms with Crippen molar-refractivity contribution >= 4 is 5.91 Å². The molecule has 0 spiro atoms. The van der Waals surface area contributed by atoms with Gasteiger partial charge in [0.1, 0.15) is 0 Å². The van der Waals surface area contributed by atoms with Gasteiger partial charge in [-0.3, -0.25) is 4.79 Å². The Bertz CT molecular complexity index is 169. The molecule has 0 heterocycles. The zero-order valence-electron chi connectivity index (χ0n) is 10.8. The van der Waals surface area contributed by atoms with E-state index >= 15 is 0 Å². The second kappa shape index (κ2) is 8.72. The number of nitrogens with zero attached hydrogens (tertiary/aromatic N) is 2. The normalized spacial score (nSPS) is 10.7. The fourth-order valence-corrected chi connectivity index (χ4v) is 1.53. The molecule has 0 fully saturated rings. The third kappa shape index (κ3) is 8.43. The highest BCUT2D eigenvalue weighted by Gasteiger charge is 2.06. The highest BCUT2D eigenvalue weighted by atomic mass is 16.2. The van der Waals surface area contributed by atoms with Gasteiger partial charge >= 0.3 is 0 Å². The van der Waals surface area contributed by atoms with Crippen LogP contribution in [0, 0.1) is 0 Å². The van der Waals surface area contributed by atoms with Crippen molar-refractivity contribution < 1.29 is 4.79 Å². The molecule has 0 aromatic heterocycles. The van der Waals surface area contributed by atoms with E-state index in [1.807, 2.05) is 11.9 Å². The minimum Gasteiger partial charge on any atom is -0.346 e. The zero-order chi connectivity index (χ0) is 11.7. The summed E-state index contributed by atoms with van der Waals surface area (Å²) in [6, 6.07) is 0. The quantitative estimate of drug-likeness (QED) is 0.577. The Morgan fingerprint density at radius 1 is 1.00 bits per heavy atom. The molecule has 0 radical (unpaired) electrons. The fraction of sp³-hybridized carbons (Fsp3) is 0.917. The van der Waals surface area contributed by atoms with Crippen LogP contribution in [0.2, 0.25) is 0 Å². The van der Waals surface area contributed by atoms with E-state index in [4.69, 9.17) is 0 Å². The SMILES string of the molecule is CCCN(C)C(=O)CCCCCN(C)C. The third-order valence-corrected chi connectivity index (χ3v) is 2.48. The van der Waals surface area contributed by atoms with E-state index in [1.54, 1.807) is 0 Å². The lowest BCUT2D eigenvalue weighted by Crippen LogP contribution is -2.27. The molecule has 0 saturated heterocycles. The molecule has 0 unspecified atom stereocenters. The Morgan fingerprint density at radius 3 is 2.20 bits per heavy atom. The van der Waals surface area contributed by atoms with Crippen molar-refractivity contribution in [3.63, 3.8) is 0 Å². The summed E-state index contributed by atoms with van der Waals surface area (Å²) in [5.41, 5.74) is 0. The zero-order valence-corrected chi connectivity index (χ0v) is 10.8. The number of hydrogen-bond acceptors (Lipinski definition) is 2. The molecule has 0 saturated carbocycles. The molecule has 3 nitrogen and oxygen atoms in total. The number of carbonyl (C=O) groups is 1. The van der Waals surface area contributed by atoms with Crippen LogP contribution >= 0.6 is 0 Å². The first-order valence-electron chi connectivity index (χ1n) is 5.96. The molecule has 0 rings (SSSR count). The smallest absolute Gasteiger partial charge is 0.222 e. The van der Waals surface area contributed by atoms with E-state index in [-0.39, 0.29) is 0 Å².